The lowest BCUT2D eigenvalue weighted by molar-refractivity contribution is -0.131. The van der Waals surface area contributed by atoms with E-state index in [0.717, 1.165) is 26.2 Å². The number of hydrogen-bond acceptors (Lipinski definition) is 4. The maximum atomic E-state index is 12.3. The predicted molar refractivity (Wildman–Crippen MR) is 96.0 cm³/mol. The molecule has 0 aromatic heterocycles. The molecular formula is C18H28N4O2. The van der Waals surface area contributed by atoms with Gasteiger partial charge in [-0.1, -0.05) is 25.1 Å². The second-order valence-corrected chi connectivity index (χ2v) is 6.20. The van der Waals surface area contributed by atoms with Crippen LogP contribution in [0.3, 0.4) is 0 Å². The van der Waals surface area contributed by atoms with Crippen LogP contribution in [0.25, 0.3) is 0 Å². The number of para-hydroxylation sites is 1. The lowest BCUT2D eigenvalue weighted by atomic mass is 10.1. The van der Waals surface area contributed by atoms with Gasteiger partial charge in [0.05, 0.1) is 0 Å². The fraction of sp³-hybridized carbons (Fsp3) is 0.556. The third-order valence-electron chi connectivity index (χ3n) is 4.35. The molecule has 2 rings (SSSR count). The molecule has 1 aromatic rings. The molecule has 1 saturated heterocycles. The van der Waals surface area contributed by atoms with Crippen LogP contribution in [0.5, 0.6) is 0 Å². The largest absolute Gasteiger partial charge is 0.368 e. The zero-order chi connectivity index (χ0) is 17.4. The molecule has 6 heteroatoms. The summed E-state index contributed by atoms with van der Waals surface area (Å²) < 4.78 is 0. The van der Waals surface area contributed by atoms with E-state index in [-0.39, 0.29) is 17.7 Å². The standard InChI is InChI=1S/C18H28N4O2/c1-15(14-19-2)18(24)20-9-8-17(23)22-12-10-21(11-13-22)16-6-4-3-5-7-16/h3-7,15,19H,8-14H2,1-2H3,(H,20,24). The van der Waals surface area contributed by atoms with Crippen molar-refractivity contribution in [2.75, 3.05) is 51.2 Å². The highest BCUT2D eigenvalue weighted by molar-refractivity contribution is 5.80. The van der Waals surface area contributed by atoms with Gasteiger partial charge >= 0.3 is 0 Å². The van der Waals surface area contributed by atoms with Gasteiger partial charge in [-0.15, -0.1) is 0 Å². The smallest absolute Gasteiger partial charge is 0.224 e. The van der Waals surface area contributed by atoms with Crippen molar-refractivity contribution in [2.24, 2.45) is 5.92 Å². The van der Waals surface area contributed by atoms with Crippen LogP contribution >= 0.6 is 0 Å². The van der Waals surface area contributed by atoms with Gasteiger partial charge in [-0.3, -0.25) is 9.59 Å². The number of amides is 2. The van der Waals surface area contributed by atoms with Crippen molar-refractivity contribution in [3.8, 4) is 0 Å². The fourth-order valence-electron chi connectivity index (χ4n) is 2.88. The van der Waals surface area contributed by atoms with Crippen LogP contribution in [-0.2, 0) is 9.59 Å². The molecule has 0 saturated carbocycles. The van der Waals surface area contributed by atoms with Crippen LogP contribution in [0.4, 0.5) is 5.69 Å². The molecule has 132 valence electrons. The van der Waals surface area contributed by atoms with Crippen LogP contribution in [0.1, 0.15) is 13.3 Å². The molecule has 2 N–H and O–H groups in total. The third-order valence-corrected chi connectivity index (χ3v) is 4.35. The Morgan fingerprint density at radius 1 is 1.12 bits per heavy atom. The quantitative estimate of drug-likeness (QED) is 0.771. The third kappa shape index (κ3) is 5.23. The van der Waals surface area contributed by atoms with Gasteiger partial charge in [-0.25, -0.2) is 0 Å². The molecule has 0 bridgehead atoms. The minimum absolute atomic E-state index is 0.00829. The van der Waals surface area contributed by atoms with Gasteiger partial charge < -0.3 is 20.4 Å². The number of carbonyl (C=O) groups is 2. The zero-order valence-electron chi connectivity index (χ0n) is 14.6. The number of anilines is 1. The monoisotopic (exact) mass is 332 g/mol. The molecule has 0 spiro atoms. The number of nitrogens with zero attached hydrogens (tertiary/aromatic N) is 2. The van der Waals surface area contributed by atoms with Gasteiger partial charge in [0.2, 0.25) is 11.8 Å². The van der Waals surface area contributed by atoms with Gasteiger partial charge in [0, 0.05) is 57.3 Å². The summed E-state index contributed by atoms with van der Waals surface area (Å²) in [4.78, 5) is 28.3. The summed E-state index contributed by atoms with van der Waals surface area (Å²) in [6.45, 7) is 6.08. The number of hydrogen-bond donors (Lipinski definition) is 2. The Bertz CT molecular complexity index is 527. The van der Waals surface area contributed by atoms with Crippen molar-refractivity contribution in [3.63, 3.8) is 0 Å². The molecular weight excluding hydrogens is 304 g/mol. The summed E-state index contributed by atoms with van der Waals surface area (Å²) >= 11 is 0. The number of piperazine rings is 1. The molecule has 2 amide bonds. The normalized spacial score (nSPS) is 15.9. The average Bonchev–Trinajstić information content (AvgIpc) is 2.62. The summed E-state index contributed by atoms with van der Waals surface area (Å²) in [5, 5.41) is 5.81. The van der Waals surface area contributed by atoms with Crippen LogP contribution in [0.15, 0.2) is 30.3 Å². The molecule has 1 atom stereocenters. The molecule has 1 fully saturated rings. The summed E-state index contributed by atoms with van der Waals surface area (Å²) in [6, 6.07) is 10.3. The number of carbonyl (C=O) groups excluding carboxylic acids is 2. The molecule has 0 aliphatic carbocycles. The Morgan fingerprint density at radius 3 is 2.42 bits per heavy atom. The summed E-state index contributed by atoms with van der Waals surface area (Å²) in [6.07, 6.45) is 0.364. The summed E-state index contributed by atoms with van der Waals surface area (Å²) in [7, 11) is 1.82. The van der Waals surface area contributed by atoms with Gasteiger partial charge in [-0.05, 0) is 19.2 Å². The summed E-state index contributed by atoms with van der Waals surface area (Å²) in [5.74, 6) is 0.0230. The first kappa shape index (κ1) is 18.3. The molecule has 24 heavy (non-hydrogen) atoms. The van der Waals surface area contributed by atoms with Gasteiger partial charge in [0.15, 0.2) is 0 Å². The van der Waals surface area contributed by atoms with Crippen molar-refractivity contribution < 1.29 is 9.59 Å². The minimum Gasteiger partial charge on any atom is -0.368 e. The molecule has 0 radical (unpaired) electrons. The Hall–Kier alpha value is -2.08. The second-order valence-electron chi connectivity index (χ2n) is 6.20. The van der Waals surface area contributed by atoms with E-state index in [1.54, 1.807) is 0 Å². The maximum Gasteiger partial charge on any atom is 0.224 e. The van der Waals surface area contributed by atoms with Crippen molar-refractivity contribution in [1.29, 1.82) is 0 Å². The fourth-order valence-corrected chi connectivity index (χ4v) is 2.88. The lowest BCUT2D eigenvalue weighted by Gasteiger charge is -2.36. The topological polar surface area (TPSA) is 64.7 Å². The number of nitrogens with one attached hydrogen (secondary N) is 2. The predicted octanol–water partition coefficient (Wildman–Crippen LogP) is 0.697. The van der Waals surface area contributed by atoms with E-state index < -0.39 is 0 Å². The summed E-state index contributed by atoms with van der Waals surface area (Å²) in [5.41, 5.74) is 1.20. The highest BCUT2D eigenvalue weighted by Crippen LogP contribution is 2.15. The van der Waals surface area contributed by atoms with Crippen LogP contribution in [-0.4, -0.2) is 63.0 Å². The molecule has 1 aromatic carbocycles. The van der Waals surface area contributed by atoms with Crippen molar-refractivity contribution >= 4 is 17.5 Å². The molecule has 6 nitrogen and oxygen atoms in total. The Balaban J connectivity index is 1.68. The number of benzene rings is 1. The van der Waals surface area contributed by atoms with E-state index in [1.807, 2.05) is 37.1 Å². The average molecular weight is 332 g/mol. The Morgan fingerprint density at radius 2 is 1.79 bits per heavy atom. The van der Waals surface area contributed by atoms with Crippen LogP contribution in [0.2, 0.25) is 0 Å². The SMILES string of the molecule is CNCC(C)C(=O)NCCC(=O)N1CCN(c2ccccc2)CC1. The zero-order valence-corrected chi connectivity index (χ0v) is 14.6. The number of rotatable bonds is 7. The Labute approximate surface area is 144 Å². The lowest BCUT2D eigenvalue weighted by Crippen LogP contribution is -2.49. The van der Waals surface area contributed by atoms with Crippen molar-refractivity contribution in [1.82, 2.24) is 15.5 Å². The highest BCUT2D eigenvalue weighted by Gasteiger charge is 2.21. The minimum atomic E-state index is -0.0838. The first-order valence-corrected chi connectivity index (χ1v) is 8.62. The molecule has 1 heterocycles. The molecule has 1 unspecified atom stereocenters. The molecule has 1 aliphatic rings. The van der Waals surface area contributed by atoms with Gasteiger partial charge in [0.1, 0.15) is 0 Å². The van der Waals surface area contributed by atoms with E-state index in [1.165, 1.54) is 5.69 Å². The van der Waals surface area contributed by atoms with E-state index in [0.29, 0.717) is 19.5 Å². The second kappa shape index (κ2) is 9.27. The van der Waals surface area contributed by atoms with Gasteiger partial charge in [-0.2, -0.15) is 0 Å². The van der Waals surface area contributed by atoms with Crippen LogP contribution < -0.4 is 15.5 Å². The van der Waals surface area contributed by atoms with E-state index in [2.05, 4.69) is 27.7 Å². The van der Waals surface area contributed by atoms with Gasteiger partial charge in [0.25, 0.3) is 0 Å². The van der Waals surface area contributed by atoms with Crippen molar-refractivity contribution in [2.45, 2.75) is 13.3 Å². The van der Waals surface area contributed by atoms with E-state index >= 15 is 0 Å². The maximum absolute atomic E-state index is 12.3. The highest BCUT2D eigenvalue weighted by atomic mass is 16.2. The molecule has 1 aliphatic heterocycles. The van der Waals surface area contributed by atoms with E-state index in [9.17, 15) is 9.59 Å². The first-order valence-electron chi connectivity index (χ1n) is 8.62. The van der Waals surface area contributed by atoms with E-state index in [4.69, 9.17) is 0 Å². The Kier molecular flexibility index (Phi) is 7.06. The first-order chi connectivity index (χ1) is 11.6. The van der Waals surface area contributed by atoms with Crippen LogP contribution in [0, 0.1) is 5.92 Å². The van der Waals surface area contributed by atoms with Crippen molar-refractivity contribution in [3.05, 3.63) is 30.3 Å².